The lowest BCUT2D eigenvalue weighted by Gasteiger charge is -2.34. The molecule has 2 saturated heterocycles. The number of urea groups is 1. The summed E-state index contributed by atoms with van der Waals surface area (Å²) in [5.41, 5.74) is -0.858. The van der Waals surface area contributed by atoms with Crippen molar-refractivity contribution in [2.24, 2.45) is 5.92 Å². The number of nitriles is 1. The van der Waals surface area contributed by atoms with Crippen molar-refractivity contribution in [1.29, 1.82) is 5.26 Å². The Hall–Kier alpha value is -1.85. The molecule has 4 aliphatic rings. The number of hydrogen-bond donors (Lipinski definition) is 2. The third kappa shape index (κ3) is 6.39. The minimum Gasteiger partial charge on any atom is -0.378 e. The normalized spacial score (nSPS) is 28.8. The molecule has 8 heteroatoms. The van der Waals surface area contributed by atoms with Crippen LogP contribution in [0.2, 0.25) is 0 Å². The van der Waals surface area contributed by atoms with Crippen LogP contribution in [-0.4, -0.2) is 78.8 Å². The van der Waals surface area contributed by atoms with Crippen LogP contribution in [0.1, 0.15) is 77.0 Å². The highest BCUT2D eigenvalue weighted by Gasteiger charge is 2.43. The van der Waals surface area contributed by atoms with E-state index in [4.69, 9.17) is 4.74 Å². The number of carbonyl (C=O) groups is 2. The van der Waals surface area contributed by atoms with E-state index in [0.29, 0.717) is 57.6 Å². The number of carbonyl (C=O) groups excluding carboxylic acids is 2. The molecule has 2 N–H and O–H groups in total. The molecule has 2 aliphatic carbocycles. The molecule has 0 spiro atoms. The van der Waals surface area contributed by atoms with Crippen LogP contribution in [0.5, 0.6) is 0 Å². The minimum absolute atomic E-state index is 0.199. The highest BCUT2D eigenvalue weighted by Crippen LogP contribution is 2.31. The second kappa shape index (κ2) is 11.5. The first-order valence-electron chi connectivity index (χ1n) is 13.2. The second-order valence-corrected chi connectivity index (χ2v) is 10.5. The molecule has 2 atom stereocenters. The Morgan fingerprint density at radius 1 is 1.00 bits per heavy atom. The van der Waals surface area contributed by atoms with Gasteiger partial charge in [0.1, 0.15) is 11.6 Å². The molecule has 0 bridgehead atoms. The predicted molar refractivity (Wildman–Crippen MR) is 125 cm³/mol. The van der Waals surface area contributed by atoms with Crippen LogP contribution in [0.3, 0.4) is 0 Å². The van der Waals surface area contributed by atoms with Crippen LogP contribution in [0.4, 0.5) is 4.79 Å². The first-order chi connectivity index (χ1) is 16.1. The summed E-state index contributed by atoms with van der Waals surface area (Å²) in [5.74, 6) is 0.245. The van der Waals surface area contributed by atoms with Crippen molar-refractivity contribution >= 4 is 11.9 Å². The Morgan fingerprint density at radius 3 is 2.33 bits per heavy atom. The van der Waals surface area contributed by atoms with E-state index in [-0.39, 0.29) is 11.9 Å². The van der Waals surface area contributed by atoms with E-state index >= 15 is 0 Å². The summed E-state index contributed by atoms with van der Waals surface area (Å²) in [6, 6.07) is 2.17. The predicted octanol–water partition coefficient (Wildman–Crippen LogP) is 2.78. The highest BCUT2D eigenvalue weighted by atomic mass is 16.5. The zero-order valence-corrected chi connectivity index (χ0v) is 20.0. The number of nitrogens with zero attached hydrogens (tertiary/aromatic N) is 3. The summed E-state index contributed by atoms with van der Waals surface area (Å²) in [6.45, 7) is 3.59. The first kappa shape index (κ1) is 24.3. The molecule has 184 valence electrons. The molecule has 4 rings (SSSR count). The summed E-state index contributed by atoms with van der Waals surface area (Å²) in [7, 11) is 0. The molecule has 0 aromatic rings. The smallest absolute Gasteiger partial charge is 0.318 e. The van der Waals surface area contributed by atoms with E-state index in [1.807, 2.05) is 0 Å². The lowest BCUT2D eigenvalue weighted by Crippen LogP contribution is -2.59. The van der Waals surface area contributed by atoms with E-state index < -0.39 is 11.6 Å². The lowest BCUT2D eigenvalue weighted by atomic mass is 9.84. The lowest BCUT2D eigenvalue weighted by molar-refractivity contribution is -0.124. The maximum absolute atomic E-state index is 13.5. The molecule has 3 amide bonds. The van der Waals surface area contributed by atoms with Crippen LogP contribution in [0, 0.1) is 17.2 Å². The number of likely N-dealkylation sites (tertiary alicyclic amines) is 1. The Morgan fingerprint density at radius 2 is 1.67 bits per heavy atom. The Kier molecular flexibility index (Phi) is 8.48. The van der Waals surface area contributed by atoms with E-state index in [1.165, 1.54) is 51.4 Å². The monoisotopic (exact) mass is 459 g/mol. The molecule has 8 nitrogen and oxygen atoms in total. The van der Waals surface area contributed by atoms with Crippen LogP contribution >= 0.6 is 0 Å². The summed E-state index contributed by atoms with van der Waals surface area (Å²) in [5, 5.41) is 16.2. The summed E-state index contributed by atoms with van der Waals surface area (Å²) < 4.78 is 5.36. The van der Waals surface area contributed by atoms with Gasteiger partial charge in [0.2, 0.25) is 5.91 Å². The third-order valence-corrected chi connectivity index (χ3v) is 8.17. The summed E-state index contributed by atoms with van der Waals surface area (Å²) >= 11 is 0. The van der Waals surface area contributed by atoms with Gasteiger partial charge in [-0.2, -0.15) is 5.26 Å². The van der Waals surface area contributed by atoms with Gasteiger partial charge in [-0.25, -0.2) is 4.79 Å². The van der Waals surface area contributed by atoms with Gasteiger partial charge in [-0.1, -0.05) is 51.4 Å². The summed E-state index contributed by atoms with van der Waals surface area (Å²) in [6.07, 6.45) is 13.3. The third-order valence-electron chi connectivity index (χ3n) is 8.17. The standard InChI is InChI=1S/C25H41N5O3/c26-18-25(11-12-30(19-25)21-9-5-2-6-10-21)28-23(31)22(17-20-7-3-1-4-8-20)27-24(32)29-13-15-33-16-14-29/h20-22H,1-17,19H2,(H,27,32)(H,28,31). The molecular formula is C25H41N5O3. The largest absolute Gasteiger partial charge is 0.378 e. The fourth-order valence-corrected chi connectivity index (χ4v) is 6.14. The number of hydrogen-bond acceptors (Lipinski definition) is 5. The SMILES string of the molecule is N#CC1(NC(=O)C(CC2CCCCC2)NC(=O)N2CCOCC2)CCN(C2CCCCC2)C1. The molecule has 2 heterocycles. The minimum atomic E-state index is -0.858. The molecule has 2 unspecified atom stereocenters. The quantitative estimate of drug-likeness (QED) is 0.637. The van der Waals surface area contributed by atoms with Gasteiger partial charge in [0.05, 0.1) is 19.3 Å². The van der Waals surface area contributed by atoms with Crippen molar-refractivity contribution in [2.45, 2.75) is 94.7 Å². The Balaban J connectivity index is 1.40. The Labute approximate surface area is 198 Å². The van der Waals surface area contributed by atoms with Gasteiger partial charge in [-0.05, 0) is 31.6 Å². The van der Waals surface area contributed by atoms with Crippen molar-refractivity contribution in [3.63, 3.8) is 0 Å². The maximum Gasteiger partial charge on any atom is 0.318 e. The van der Waals surface area contributed by atoms with Gasteiger partial charge in [0, 0.05) is 32.2 Å². The zero-order valence-electron chi connectivity index (χ0n) is 20.0. The van der Waals surface area contributed by atoms with Gasteiger partial charge >= 0.3 is 6.03 Å². The van der Waals surface area contributed by atoms with Crippen LogP contribution < -0.4 is 10.6 Å². The van der Waals surface area contributed by atoms with Gasteiger partial charge in [-0.15, -0.1) is 0 Å². The Bertz CT molecular complexity index is 707. The molecule has 4 fully saturated rings. The van der Waals surface area contributed by atoms with Gasteiger partial charge < -0.3 is 20.3 Å². The number of ether oxygens (including phenoxy) is 1. The number of amides is 3. The van der Waals surface area contributed by atoms with Crippen molar-refractivity contribution in [1.82, 2.24) is 20.4 Å². The molecule has 2 saturated carbocycles. The zero-order chi connectivity index (χ0) is 23.1. The van der Waals surface area contributed by atoms with Crippen LogP contribution in [-0.2, 0) is 9.53 Å². The van der Waals surface area contributed by atoms with Gasteiger partial charge in [0.15, 0.2) is 0 Å². The van der Waals surface area contributed by atoms with Gasteiger partial charge in [0.25, 0.3) is 0 Å². The summed E-state index contributed by atoms with van der Waals surface area (Å²) in [4.78, 5) is 30.5. The average molecular weight is 460 g/mol. The van der Waals surface area contributed by atoms with E-state index in [9.17, 15) is 14.9 Å². The second-order valence-electron chi connectivity index (χ2n) is 10.5. The van der Waals surface area contributed by atoms with E-state index in [0.717, 1.165) is 19.4 Å². The number of rotatable bonds is 6. The van der Waals surface area contributed by atoms with Crippen LogP contribution in [0.15, 0.2) is 0 Å². The van der Waals surface area contributed by atoms with Crippen LogP contribution in [0.25, 0.3) is 0 Å². The number of nitrogens with one attached hydrogen (secondary N) is 2. The topological polar surface area (TPSA) is 97.7 Å². The van der Waals surface area contributed by atoms with Crippen molar-refractivity contribution in [3.05, 3.63) is 0 Å². The maximum atomic E-state index is 13.5. The molecule has 0 radical (unpaired) electrons. The van der Waals surface area contributed by atoms with E-state index in [1.54, 1.807) is 4.90 Å². The number of morpholine rings is 1. The van der Waals surface area contributed by atoms with E-state index in [2.05, 4.69) is 21.6 Å². The first-order valence-corrected chi connectivity index (χ1v) is 13.2. The average Bonchev–Trinajstić information content (AvgIpc) is 3.30. The molecular weight excluding hydrogens is 418 g/mol. The molecule has 33 heavy (non-hydrogen) atoms. The molecule has 0 aromatic heterocycles. The molecule has 2 aliphatic heterocycles. The fraction of sp³-hybridized carbons (Fsp3) is 0.880. The fourth-order valence-electron chi connectivity index (χ4n) is 6.14. The van der Waals surface area contributed by atoms with Crippen molar-refractivity contribution < 1.29 is 14.3 Å². The molecule has 0 aromatic carbocycles. The highest BCUT2D eigenvalue weighted by molar-refractivity contribution is 5.88. The van der Waals surface area contributed by atoms with Gasteiger partial charge in [-0.3, -0.25) is 9.69 Å². The van der Waals surface area contributed by atoms with Crippen molar-refractivity contribution in [3.8, 4) is 6.07 Å². The van der Waals surface area contributed by atoms with Crippen molar-refractivity contribution in [2.75, 3.05) is 39.4 Å².